The maximum Gasteiger partial charge on any atom is 0.277 e. The first-order chi connectivity index (χ1) is 9.88. The lowest BCUT2D eigenvalue weighted by molar-refractivity contribution is 0.102. The van der Waals surface area contributed by atoms with Crippen LogP contribution in [0.2, 0.25) is 0 Å². The van der Waals surface area contributed by atoms with Crippen molar-refractivity contribution in [1.82, 2.24) is 15.0 Å². The highest BCUT2D eigenvalue weighted by Gasteiger charge is 2.15. The predicted molar refractivity (Wildman–Crippen MR) is 85.2 cm³/mol. The van der Waals surface area contributed by atoms with Gasteiger partial charge in [0.15, 0.2) is 5.69 Å². The van der Waals surface area contributed by atoms with Crippen molar-refractivity contribution >= 4 is 33.3 Å². The number of hydrogen-bond donors (Lipinski definition) is 2. The average molecular weight is 350 g/mol. The maximum absolute atomic E-state index is 12.3. The third-order valence-electron chi connectivity index (χ3n) is 2.83. The van der Waals surface area contributed by atoms with E-state index in [0.717, 1.165) is 10.2 Å². The third-order valence-corrected chi connectivity index (χ3v) is 3.67. The van der Waals surface area contributed by atoms with Crippen molar-refractivity contribution in [3.8, 4) is 0 Å². The van der Waals surface area contributed by atoms with Crippen molar-refractivity contribution in [2.75, 3.05) is 11.1 Å². The Hall–Kier alpha value is -2.02. The second kappa shape index (κ2) is 6.17. The number of aromatic nitrogens is 3. The van der Waals surface area contributed by atoms with Crippen LogP contribution in [0.15, 0.2) is 22.8 Å². The molecule has 6 nitrogen and oxygen atoms in total. The Balaban J connectivity index is 2.27. The van der Waals surface area contributed by atoms with E-state index >= 15 is 0 Å². The van der Waals surface area contributed by atoms with Crippen LogP contribution in [0.25, 0.3) is 0 Å². The largest absolute Gasteiger partial charge is 0.396 e. The van der Waals surface area contributed by atoms with Gasteiger partial charge in [-0.05, 0) is 35.0 Å². The number of nitrogens with two attached hydrogens (primary N) is 1. The minimum absolute atomic E-state index is 0.116. The van der Waals surface area contributed by atoms with E-state index in [1.165, 1.54) is 6.20 Å². The summed E-state index contributed by atoms with van der Waals surface area (Å²) in [5.41, 5.74) is 6.97. The van der Waals surface area contributed by atoms with E-state index in [-0.39, 0.29) is 17.3 Å². The summed E-state index contributed by atoms with van der Waals surface area (Å²) in [7, 11) is 0. The van der Waals surface area contributed by atoms with E-state index in [0.29, 0.717) is 11.6 Å². The third kappa shape index (κ3) is 3.55. The summed E-state index contributed by atoms with van der Waals surface area (Å²) < 4.78 is 0.879. The molecule has 0 fully saturated rings. The quantitative estimate of drug-likeness (QED) is 0.888. The van der Waals surface area contributed by atoms with Gasteiger partial charge < -0.3 is 11.1 Å². The molecule has 7 heteroatoms. The second-order valence-electron chi connectivity index (χ2n) is 4.90. The van der Waals surface area contributed by atoms with Crippen LogP contribution >= 0.6 is 15.9 Å². The van der Waals surface area contributed by atoms with E-state index in [4.69, 9.17) is 5.73 Å². The van der Waals surface area contributed by atoms with Gasteiger partial charge in [0.2, 0.25) is 0 Å². The first-order valence-electron chi connectivity index (χ1n) is 6.45. The summed E-state index contributed by atoms with van der Waals surface area (Å²) in [6.45, 7) is 5.75. The molecule has 0 unspecified atom stereocenters. The molecular weight excluding hydrogens is 334 g/mol. The fraction of sp³-hybridized carbons (Fsp3) is 0.286. The normalized spacial score (nSPS) is 10.7. The molecule has 1 amide bonds. The zero-order valence-electron chi connectivity index (χ0n) is 12.0. The molecule has 0 atom stereocenters. The van der Waals surface area contributed by atoms with Crippen molar-refractivity contribution in [1.29, 1.82) is 0 Å². The molecule has 0 aliphatic carbocycles. The first-order valence-corrected chi connectivity index (χ1v) is 7.24. The van der Waals surface area contributed by atoms with Gasteiger partial charge in [-0.15, -0.1) is 0 Å². The fourth-order valence-electron chi connectivity index (χ4n) is 1.65. The topological polar surface area (TPSA) is 93.8 Å². The number of rotatable bonds is 3. The summed E-state index contributed by atoms with van der Waals surface area (Å²) in [4.78, 5) is 24.9. The van der Waals surface area contributed by atoms with Crippen LogP contribution in [-0.2, 0) is 0 Å². The minimum Gasteiger partial charge on any atom is -0.396 e. The number of nitrogen functional groups attached to an aromatic ring is 1. The van der Waals surface area contributed by atoms with Crippen LogP contribution in [0.3, 0.4) is 0 Å². The molecule has 3 N–H and O–H groups in total. The molecule has 21 heavy (non-hydrogen) atoms. The summed E-state index contributed by atoms with van der Waals surface area (Å²) in [5, 5.41) is 2.69. The number of pyridine rings is 1. The van der Waals surface area contributed by atoms with Crippen LogP contribution in [0.5, 0.6) is 0 Å². The number of nitrogens with zero attached hydrogens (tertiary/aromatic N) is 3. The molecule has 0 bridgehead atoms. The van der Waals surface area contributed by atoms with Gasteiger partial charge in [0.05, 0.1) is 17.6 Å². The number of carbonyl (C=O) groups excluding carboxylic acids is 1. The van der Waals surface area contributed by atoms with E-state index in [2.05, 4.69) is 36.2 Å². The molecule has 0 spiro atoms. The number of hydrogen-bond acceptors (Lipinski definition) is 5. The number of aryl methyl sites for hydroxylation is 1. The highest BCUT2D eigenvalue weighted by Crippen LogP contribution is 2.18. The van der Waals surface area contributed by atoms with Gasteiger partial charge in [-0.2, -0.15) is 0 Å². The van der Waals surface area contributed by atoms with Crippen LogP contribution < -0.4 is 11.1 Å². The Bertz CT molecular complexity index is 687. The Labute approximate surface area is 131 Å². The summed E-state index contributed by atoms with van der Waals surface area (Å²) >= 11 is 3.36. The van der Waals surface area contributed by atoms with Gasteiger partial charge in [0.1, 0.15) is 11.6 Å². The smallest absolute Gasteiger partial charge is 0.277 e. The standard InChI is InChI=1S/C14H16BrN5O/c1-7(2)13-17-6-10(16)12(20-13)14(21)19-11-5-4-9(15)8(3)18-11/h4-7H,16H2,1-3H3,(H,18,19,21). The highest BCUT2D eigenvalue weighted by atomic mass is 79.9. The molecule has 2 aromatic rings. The van der Waals surface area contributed by atoms with Crippen molar-refractivity contribution in [2.45, 2.75) is 26.7 Å². The monoisotopic (exact) mass is 349 g/mol. The lowest BCUT2D eigenvalue weighted by Crippen LogP contribution is -2.18. The number of halogens is 1. The van der Waals surface area contributed by atoms with Crippen molar-refractivity contribution < 1.29 is 4.79 Å². The number of amides is 1. The van der Waals surface area contributed by atoms with Gasteiger partial charge in [0, 0.05) is 10.4 Å². The molecule has 0 radical (unpaired) electrons. The van der Waals surface area contributed by atoms with E-state index in [9.17, 15) is 4.79 Å². The molecule has 2 heterocycles. The second-order valence-corrected chi connectivity index (χ2v) is 5.76. The lowest BCUT2D eigenvalue weighted by Gasteiger charge is -2.10. The van der Waals surface area contributed by atoms with Crippen LogP contribution in [-0.4, -0.2) is 20.9 Å². The molecule has 0 aromatic carbocycles. The van der Waals surface area contributed by atoms with Gasteiger partial charge in [-0.25, -0.2) is 15.0 Å². The minimum atomic E-state index is -0.397. The Morgan fingerprint density at radius 1 is 1.33 bits per heavy atom. The Morgan fingerprint density at radius 2 is 2.05 bits per heavy atom. The molecule has 0 aliphatic rings. The predicted octanol–water partition coefficient (Wildman–Crippen LogP) is 2.90. The van der Waals surface area contributed by atoms with Crippen LogP contribution in [0, 0.1) is 6.92 Å². The zero-order valence-corrected chi connectivity index (χ0v) is 13.6. The van der Waals surface area contributed by atoms with Gasteiger partial charge in [-0.1, -0.05) is 13.8 Å². The molecular formula is C14H16BrN5O. The Kier molecular flexibility index (Phi) is 4.52. The van der Waals surface area contributed by atoms with Gasteiger partial charge in [0.25, 0.3) is 5.91 Å². The Morgan fingerprint density at radius 3 is 2.67 bits per heavy atom. The SMILES string of the molecule is Cc1nc(NC(=O)c2nc(C(C)C)ncc2N)ccc1Br. The van der Waals surface area contributed by atoms with Crippen molar-refractivity contribution in [3.63, 3.8) is 0 Å². The molecule has 110 valence electrons. The first kappa shape index (κ1) is 15.4. The van der Waals surface area contributed by atoms with Crippen LogP contribution in [0.1, 0.15) is 41.8 Å². The number of nitrogens with one attached hydrogen (secondary N) is 1. The molecule has 0 saturated heterocycles. The molecule has 0 aliphatic heterocycles. The van der Waals surface area contributed by atoms with Gasteiger partial charge >= 0.3 is 0 Å². The highest BCUT2D eigenvalue weighted by molar-refractivity contribution is 9.10. The van der Waals surface area contributed by atoms with Gasteiger partial charge in [-0.3, -0.25) is 4.79 Å². The molecule has 2 aromatic heterocycles. The fourth-order valence-corrected chi connectivity index (χ4v) is 1.87. The average Bonchev–Trinajstić information content (AvgIpc) is 2.43. The molecule has 0 saturated carbocycles. The van der Waals surface area contributed by atoms with E-state index in [1.807, 2.05) is 26.8 Å². The zero-order chi connectivity index (χ0) is 15.6. The van der Waals surface area contributed by atoms with Crippen molar-refractivity contribution in [2.24, 2.45) is 0 Å². The summed E-state index contributed by atoms with van der Waals surface area (Å²) in [6, 6.07) is 3.52. The van der Waals surface area contributed by atoms with Crippen molar-refractivity contribution in [3.05, 3.63) is 40.0 Å². The van der Waals surface area contributed by atoms with Crippen LogP contribution in [0.4, 0.5) is 11.5 Å². The molecule has 2 rings (SSSR count). The van der Waals surface area contributed by atoms with E-state index < -0.39 is 5.91 Å². The lowest BCUT2D eigenvalue weighted by atomic mass is 10.2. The van der Waals surface area contributed by atoms with E-state index in [1.54, 1.807) is 6.07 Å². The number of carbonyl (C=O) groups is 1. The summed E-state index contributed by atoms with van der Waals surface area (Å²) in [6.07, 6.45) is 1.46. The maximum atomic E-state index is 12.3. The summed E-state index contributed by atoms with van der Waals surface area (Å²) in [5.74, 6) is 0.746. The number of anilines is 2.